The SMILES string of the molecule is [2H]C([2H])(O)C([2H])([2H])C([2H])([2H])C([2H])(C)C(C)CCC. The lowest BCUT2D eigenvalue weighted by atomic mass is 9.88. The van der Waals surface area contributed by atoms with E-state index in [1.807, 2.05) is 6.92 Å². The van der Waals surface area contributed by atoms with E-state index in [0.717, 1.165) is 6.42 Å². The van der Waals surface area contributed by atoms with Gasteiger partial charge in [0.1, 0.15) is 0 Å². The van der Waals surface area contributed by atoms with Gasteiger partial charge in [0.25, 0.3) is 0 Å². The highest BCUT2D eigenvalue weighted by atomic mass is 16.2. The first-order valence-electron chi connectivity index (χ1n) is 7.45. The fourth-order valence-corrected chi connectivity index (χ4v) is 0.899. The monoisotopic (exact) mass is 165 g/mol. The lowest BCUT2D eigenvalue weighted by Gasteiger charge is -2.18. The van der Waals surface area contributed by atoms with Gasteiger partial charge >= 0.3 is 0 Å². The zero-order chi connectivity index (χ0) is 15.0. The first kappa shape index (κ1) is 3.78. The Hall–Kier alpha value is -0.0400. The predicted molar refractivity (Wildman–Crippen MR) is 49.6 cm³/mol. The van der Waals surface area contributed by atoms with Crippen LogP contribution in [0.1, 0.15) is 56.0 Å². The van der Waals surface area contributed by atoms with Gasteiger partial charge in [-0.3, -0.25) is 0 Å². The Morgan fingerprint density at radius 3 is 2.64 bits per heavy atom. The van der Waals surface area contributed by atoms with Gasteiger partial charge in [-0.1, -0.05) is 33.6 Å². The fraction of sp³-hybridized carbons (Fsp3) is 1.00. The lowest BCUT2D eigenvalue weighted by Crippen LogP contribution is -2.08. The maximum atomic E-state index is 9.19. The molecule has 68 valence electrons. The molecule has 0 aliphatic rings. The minimum atomic E-state index is -3.34. The number of rotatable bonds is 6. The molecular weight excluding hydrogens is 136 g/mol. The van der Waals surface area contributed by atoms with Crippen molar-refractivity contribution in [1.29, 1.82) is 0 Å². The van der Waals surface area contributed by atoms with Crippen LogP contribution in [0.25, 0.3) is 0 Å². The number of hydrogen-bond donors (Lipinski definition) is 1. The number of hydrogen-bond acceptors (Lipinski definition) is 1. The molecule has 0 spiro atoms. The first-order chi connectivity index (χ1) is 7.73. The maximum Gasteiger partial charge on any atom is 0.0564 e. The smallest absolute Gasteiger partial charge is 0.0564 e. The molecule has 0 heterocycles. The van der Waals surface area contributed by atoms with Crippen molar-refractivity contribution in [3.63, 3.8) is 0 Å². The Kier molecular flexibility index (Phi) is 2.29. The third-order valence-electron chi connectivity index (χ3n) is 1.78. The van der Waals surface area contributed by atoms with Crippen molar-refractivity contribution >= 4 is 0 Å². The Morgan fingerprint density at radius 1 is 1.55 bits per heavy atom. The zero-order valence-corrected chi connectivity index (χ0v) is 7.44. The second-order valence-electron chi connectivity index (χ2n) is 2.73. The molecule has 1 N–H and O–H groups in total. The highest BCUT2D eigenvalue weighted by molar-refractivity contribution is 4.61. The van der Waals surface area contributed by atoms with E-state index in [-0.39, 0.29) is 0 Å². The molecular formula is C10H22O. The van der Waals surface area contributed by atoms with Crippen molar-refractivity contribution in [2.75, 3.05) is 6.56 Å². The van der Waals surface area contributed by atoms with Crippen LogP contribution in [0.5, 0.6) is 0 Å². The molecule has 0 rings (SSSR count). The van der Waals surface area contributed by atoms with E-state index in [1.165, 1.54) is 6.92 Å². The van der Waals surface area contributed by atoms with Gasteiger partial charge in [-0.05, 0) is 24.6 Å². The van der Waals surface area contributed by atoms with E-state index in [1.54, 1.807) is 6.92 Å². The van der Waals surface area contributed by atoms with Crippen LogP contribution >= 0.6 is 0 Å². The van der Waals surface area contributed by atoms with Crippen LogP contribution < -0.4 is 0 Å². The van der Waals surface area contributed by atoms with Crippen molar-refractivity contribution < 1.29 is 14.7 Å². The largest absolute Gasteiger partial charge is 0.396 e. The third-order valence-corrected chi connectivity index (χ3v) is 1.78. The Bertz CT molecular complexity index is 282. The van der Waals surface area contributed by atoms with Crippen molar-refractivity contribution in [3.8, 4) is 0 Å². The standard InChI is InChI=1S/C10H22O/c1-4-6-9(2)10(3)7-5-8-11/h9-11H,4-8H2,1-3H3/i5D2,7D2,8D2,10D. The van der Waals surface area contributed by atoms with Crippen LogP contribution in [0.15, 0.2) is 0 Å². The second-order valence-corrected chi connectivity index (χ2v) is 2.73. The molecule has 0 aliphatic carbocycles. The molecule has 1 nitrogen and oxygen atoms in total. The summed E-state index contributed by atoms with van der Waals surface area (Å²) in [6.07, 6.45) is -4.74. The summed E-state index contributed by atoms with van der Waals surface area (Å²) in [6.45, 7) is 1.42. The maximum absolute atomic E-state index is 9.19. The molecule has 0 saturated heterocycles. The normalized spacial score (nSPS) is 32.5. The van der Waals surface area contributed by atoms with Crippen molar-refractivity contribution in [2.45, 2.75) is 46.4 Å². The van der Waals surface area contributed by atoms with E-state index in [9.17, 15) is 5.11 Å². The molecule has 0 aromatic heterocycles. The number of aliphatic hydroxyl groups is 1. The van der Waals surface area contributed by atoms with Gasteiger partial charge in [0.2, 0.25) is 0 Å². The molecule has 2 atom stereocenters. The van der Waals surface area contributed by atoms with Crippen LogP contribution in [0.4, 0.5) is 0 Å². The summed E-state index contributed by atoms with van der Waals surface area (Å²) in [5.41, 5.74) is 0. The Morgan fingerprint density at radius 2 is 2.18 bits per heavy atom. The van der Waals surface area contributed by atoms with Gasteiger partial charge in [0.15, 0.2) is 0 Å². The molecule has 11 heavy (non-hydrogen) atoms. The Balaban J connectivity index is 5.49. The quantitative estimate of drug-likeness (QED) is 0.641. The van der Waals surface area contributed by atoms with Gasteiger partial charge in [0.05, 0.1) is 2.74 Å². The third kappa shape index (κ3) is 5.25. The van der Waals surface area contributed by atoms with Crippen molar-refractivity contribution in [1.82, 2.24) is 0 Å². The summed E-state index contributed by atoms with van der Waals surface area (Å²) in [6, 6.07) is 0. The van der Waals surface area contributed by atoms with Crippen molar-refractivity contribution in [2.24, 2.45) is 11.8 Å². The summed E-state index contributed by atoms with van der Waals surface area (Å²) in [5, 5.41) is 9.19. The van der Waals surface area contributed by atoms with E-state index in [4.69, 9.17) is 9.60 Å². The average Bonchev–Trinajstić information content (AvgIpc) is 2.15. The second kappa shape index (κ2) is 6.66. The van der Waals surface area contributed by atoms with Gasteiger partial charge in [-0.25, -0.2) is 0 Å². The molecule has 1 heteroatoms. The van der Waals surface area contributed by atoms with Gasteiger partial charge in [0, 0.05) is 13.4 Å². The van der Waals surface area contributed by atoms with Gasteiger partial charge in [-0.15, -0.1) is 0 Å². The van der Waals surface area contributed by atoms with Gasteiger partial charge in [-0.2, -0.15) is 0 Å². The van der Waals surface area contributed by atoms with E-state index in [0.29, 0.717) is 6.42 Å². The van der Waals surface area contributed by atoms with E-state index < -0.39 is 31.1 Å². The first-order valence-corrected chi connectivity index (χ1v) is 3.95. The van der Waals surface area contributed by atoms with E-state index >= 15 is 0 Å². The summed E-state index contributed by atoms with van der Waals surface area (Å²) >= 11 is 0. The Labute approximate surface area is 80.7 Å². The molecule has 0 fully saturated rings. The molecule has 0 bridgehead atoms. The van der Waals surface area contributed by atoms with Crippen LogP contribution in [0.2, 0.25) is 0 Å². The minimum Gasteiger partial charge on any atom is -0.396 e. The predicted octanol–water partition coefficient (Wildman–Crippen LogP) is 2.83. The molecule has 0 radical (unpaired) electrons. The minimum absolute atomic E-state index is 0.463. The topological polar surface area (TPSA) is 20.2 Å². The molecule has 0 aliphatic heterocycles. The van der Waals surface area contributed by atoms with E-state index in [2.05, 4.69) is 0 Å². The summed E-state index contributed by atoms with van der Waals surface area (Å²) in [7, 11) is 0. The summed E-state index contributed by atoms with van der Waals surface area (Å²) in [4.78, 5) is 0. The summed E-state index contributed by atoms with van der Waals surface area (Å²) in [5.74, 6) is -2.31. The molecule has 0 aromatic carbocycles. The molecule has 0 aromatic rings. The van der Waals surface area contributed by atoms with Crippen molar-refractivity contribution in [3.05, 3.63) is 0 Å². The molecule has 0 saturated carbocycles. The highest BCUT2D eigenvalue weighted by Crippen LogP contribution is 2.20. The van der Waals surface area contributed by atoms with Gasteiger partial charge < -0.3 is 5.11 Å². The van der Waals surface area contributed by atoms with Crippen LogP contribution in [0.3, 0.4) is 0 Å². The highest BCUT2D eigenvalue weighted by Gasteiger charge is 2.09. The molecule has 2 unspecified atom stereocenters. The molecule has 0 amide bonds. The lowest BCUT2D eigenvalue weighted by molar-refractivity contribution is 0.253. The summed E-state index contributed by atoms with van der Waals surface area (Å²) < 4.78 is 52.8. The van der Waals surface area contributed by atoms with Crippen LogP contribution in [-0.4, -0.2) is 11.7 Å². The van der Waals surface area contributed by atoms with Crippen LogP contribution in [0, 0.1) is 11.8 Å². The van der Waals surface area contributed by atoms with Crippen LogP contribution in [-0.2, 0) is 0 Å². The zero-order valence-electron chi connectivity index (χ0n) is 14.4. The fourth-order valence-electron chi connectivity index (χ4n) is 0.899. The average molecular weight is 165 g/mol.